The summed E-state index contributed by atoms with van der Waals surface area (Å²) in [5.74, 6) is 0.805. The molecular weight excluding hydrogens is 480 g/mol. The standard InChI is InChI=1S/C23H25ClN4O3S2/c1-4-31-22(30)19-16-9-8-13(2)10-17(16)33-21(19)25-18(29)12-32-23-27-26-20(28(23)3)14-6-5-7-15(24)11-14/h5-7,11,13H,4,8-10,12H2,1-3H3,(H,25,29). The van der Waals surface area contributed by atoms with Gasteiger partial charge in [-0.3, -0.25) is 4.79 Å². The second kappa shape index (κ2) is 10.3. The Morgan fingerprint density at radius 1 is 1.36 bits per heavy atom. The van der Waals surface area contributed by atoms with Crippen LogP contribution in [0.25, 0.3) is 11.4 Å². The molecule has 0 saturated carbocycles. The summed E-state index contributed by atoms with van der Waals surface area (Å²) in [5, 5.41) is 13.2. The van der Waals surface area contributed by atoms with E-state index in [1.807, 2.05) is 29.8 Å². The van der Waals surface area contributed by atoms with Crippen molar-refractivity contribution in [3.63, 3.8) is 0 Å². The lowest BCUT2D eigenvalue weighted by Crippen LogP contribution is -2.18. The number of hydrogen-bond acceptors (Lipinski definition) is 7. The average Bonchev–Trinajstić information content (AvgIpc) is 3.31. The number of thiophene rings is 1. The number of thioether (sulfide) groups is 1. The molecule has 0 spiro atoms. The van der Waals surface area contributed by atoms with Gasteiger partial charge in [-0.05, 0) is 49.8 Å². The highest BCUT2D eigenvalue weighted by atomic mass is 35.5. The number of carbonyl (C=O) groups is 2. The Morgan fingerprint density at radius 3 is 2.94 bits per heavy atom. The molecule has 2 heterocycles. The molecule has 1 atom stereocenters. The molecule has 2 aromatic heterocycles. The molecule has 10 heteroatoms. The van der Waals surface area contributed by atoms with Crippen LogP contribution >= 0.6 is 34.7 Å². The first-order valence-corrected chi connectivity index (χ1v) is 12.9. The SMILES string of the molecule is CCOC(=O)c1c(NC(=O)CSc2nnc(-c3cccc(Cl)c3)n2C)sc2c1CCC(C)C2. The molecule has 1 amide bonds. The van der Waals surface area contributed by atoms with Gasteiger partial charge in [-0.1, -0.05) is 42.4 Å². The monoisotopic (exact) mass is 504 g/mol. The lowest BCUT2D eigenvalue weighted by molar-refractivity contribution is -0.113. The molecule has 3 aromatic rings. The van der Waals surface area contributed by atoms with Gasteiger partial charge in [0.1, 0.15) is 5.00 Å². The van der Waals surface area contributed by atoms with E-state index < -0.39 is 0 Å². The summed E-state index contributed by atoms with van der Waals surface area (Å²) in [4.78, 5) is 26.6. The molecule has 7 nitrogen and oxygen atoms in total. The van der Waals surface area contributed by atoms with Gasteiger partial charge in [0.05, 0.1) is 17.9 Å². The Kier molecular flexibility index (Phi) is 7.41. The van der Waals surface area contributed by atoms with Gasteiger partial charge in [-0.25, -0.2) is 4.79 Å². The van der Waals surface area contributed by atoms with E-state index in [2.05, 4.69) is 22.4 Å². The second-order valence-electron chi connectivity index (χ2n) is 7.99. The molecule has 0 bridgehead atoms. The smallest absolute Gasteiger partial charge is 0.341 e. The Bertz CT molecular complexity index is 1190. The molecule has 33 heavy (non-hydrogen) atoms. The van der Waals surface area contributed by atoms with E-state index in [1.165, 1.54) is 28.0 Å². The fourth-order valence-electron chi connectivity index (χ4n) is 3.87. The molecule has 1 aromatic carbocycles. The molecule has 4 rings (SSSR count). The minimum Gasteiger partial charge on any atom is -0.462 e. The maximum Gasteiger partial charge on any atom is 0.341 e. The van der Waals surface area contributed by atoms with Gasteiger partial charge in [-0.2, -0.15) is 0 Å². The normalized spacial score (nSPS) is 15.2. The molecule has 0 saturated heterocycles. The van der Waals surface area contributed by atoms with Crippen LogP contribution in [-0.4, -0.2) is 39.0 Å². The first-order chi connectivity index (χ1) is 15.9. The van der Waals surface area contributed by atoms with Crippen molar-refractivity contribution in [2.75, 3.05) is 17.7 Å². The maximum atomic E-state index is 12.8. The van der Waals surface area contributed by atoms with Crippen LogP contribution in [0.4, 0.5) is 5.00 Å². The maximum absolute atomic E-state index is 12.8. The summed E-state index contributed by atoms with van der Waals surface area (Å²) in [7, 11) is 1.85. The number of nitrogens with one attached hydrogen (secondary N) is 1. The van der Waals surface area contributed by atoms with Crippen molar-refractivity contribution < 1.29 is 14.3 Å². The summed E-state index contributed by atoms with van der Waals surface area (Å²) < 4.78 is 7.11. The van der Waals surface area contributed by atoms with Crippen LogP contribution in [0.3, 0.4) is 0 Å². The lowest BCUT2D eigenvalue weighted by Gasteiger charge is -2.18. The number of halogens is 1. The molecule has 0 aliphatic heterocycles. The summed E-state index contributed by atoms with van der Waals surface area (Å²) in [6.07, 6.45) is 2.78. The van der Waals surface area contributed by atoms with Crippen molar-refractivity contribution in [1.29, 1.82) is 0 Å². The van der Waals surface area contributed by atoms with E-state index in [-0.39, 0.29) is 17.6 Å². The highest BCUT2D eigenvalue weighted by Crippen LogP contribution is 2.40. The molecule has 0 fully saturated rings. The van der Waals surface area contributed by atoms with E-state index in [9.17, 15) is 9.59 Å². The molecule has 174 valence electrons. The number of amides is 1. The van der Waals surface area contributed by atoms with Crippen LogP contribution < -0.4 is 5.32 Å². The van der Waals surface area contributed by atoms with Gasteiger partial charge in [0, 0.05) is 22.5 Å². The zero-order valence-corrected chi connectivity index (χ0v) is 21.1. The van der Waals surface area contributed by atoms with Crippen molar-refractivity contribution in [1.82, 2.24) is 14.8 Å². The third kappa shape index (κ3) is 5.26. The van der Waals surface area contributed by atoms with Crippen molar-refractivity contribution in [3.8, 4) is 11.4 Å². The third-order valence-electron chi connectivity index (χ3n) is 5.49. The largest absolute Gasteiger partial charge is 0.462 e. The van der Waals surface area contributed by atoms with E-state index >= 15 is 0 Å². The van der Waals surface area contributed by atoms with Crippen molar-refractivity contribution in [2.45, 2.75) is 38.3 Å². The summed E-state index contributed by atoms with van der Waals surface area (Å²) in [5.41, 5.74) is 2.40. The Morgan fingerprint density at radius 2 is 2.18 bits per heavy atom. The number of benzene rings is 1. The third-order valence-corrected chi connectivity index (χ3v) is 7.92. The zero-order valence-electron chi connectivity index (χ0n) is 18.7. The van der Waals surface area contributed by atoms with E-state index in [1.54, 1.807) is 13.0 Å². The lowest BCUT2D eigenvalue weighted by atomic mass is 9.88. The van der Waals surface area contributed by atoms with Crippen LogP contribution in [0.2, 0.25) is 5.02 Å². The Labute approximate surface area is 205 Å². The van der Waals surface area contributed by atoms with Gasteiger partial charge < -0.3 is 14.6 Å². The molecule has 0 radical (unpaired) electrons. The number of anilines is 1. The predicted molar refractivity (Wildman–Crippen MR) is 132 cm³/mol. The first-order valence-electron chi connectivity index (χ1n) is 10.8. The number of carbonyl (C=O) groups excluding carboxylic acids is 2. The minimum atomic E-state index is -0.369. The number of nitrogens with zero attached hydrogens (tertiary/aromatic N) is 3. The van der Waals surface area contributed by atoms with Crippen LogP contribution in [0.15, 0.2) is 29.4 Å². The quantitative estimate of drug-likeness (QED) is 0.350. The molecule has 1 aliphatic rings. The van der Waals surface area contributed by atoms with Crippen LogP contribution in [-0.2, 0) is 29.4 Å². The second-order valence-corrected chi connectivity index (χ2v) is 10.5. The molecular formula is C23H25ClN4O3S2. The Hall–Kier alpha value is -2.36. The predicted octanol–water partition coefficient (Wildman–Crippen LogP) is 5.23. The van der Waals surface area contributed by atoms with E-state index in [0.29, 0.717) is 39.1 Å². The first kappa shape index (κ1) is 23.8. The average molecular weight is 505 g/mol. The van der Waals surface area contributed by atoms with Gasteiger partial charge >= 0.3 is 5.97 Å². The fourth-order valence-corrected chi connectivity index (χ4v) is 6.19. The summed E-state index contributed by atoms with van der Waals surface area (Å²) >= 11 is 8.86. The van der Waals surface area contributed by atoms with Crippen molar-refractivity contribution in [3.05, 3.63) is 45.3 Å². The van der Waals surface area contributed by atoms with Gasteiger partial charge in [0.25, 0.3) is 0 Å². The molecule has 1 N–H and O–H groups in total. The van der Waals surface area contributed by atoms with Gasteiger partial charge in [-0.15, -0.1) is 21.5 Å². The molecule has 1 aliphatic carbocycles. The minimum absolute atomic E-state index is 0.142. The zero-order chi connectivity index (χ0) is 23.5. The molecule has 1 unspecified atom stereocenters. The van der Waals surface area contributed by atoms with Gasteiger partial charge in [0.15, 0.2) is 11.0 Å². The summed E-state index contributed by atoms with van der Waals surface area (Å²) in [6.45, 7) is 4.29. The number of ether oxygens (including phenoxy) is 1. The van der Waals surface area contributed by atoms with E-state index in [4.69, 9.17) is 16.3 Å². The number of hydrogen-bond donors (Lipinski definition) is 1. The number of rotatable bonds is 7. The van der Waals surface area contributed by atoms with Crippen LogP contribution in [0.1, 0.15) is 41.1 Å². The number of fused-ring (bicyclic) bond motifs is 1. The van der Waals surface area contributed by atoms with Crippen molar-refractivity contribution >= 4 is 51.6 Å². The van der Waals surface area contributed by atoms with Crippen LogP contribution in [0, 0.1) is 5.92 Å². The highest BCUT2D eigenvalue weighted by Gasteiger charge is 2.29. The Balaban J connectivity index is 1.47. The fraction of sp³-hybridized carbons (Fsp3) is 0.391. The topological polar surface area (TPSA) is 86.1 Å². The number of esters is 1. The summed E-state index contributed by atoms with van der Waals surface area (Å²) in [6, 6.07) is 7.39. The van der Waals surface area contributed by atoms with E-state index in [0.717, 1.165) is 30.4 Å². The highest BCUT2D eigenvalue weighted by molar-refractivity contribution is 7.99. The van der Waals surface area contributed by atoms with Crippen LogP contribution in [0.5, 0.6) is 0 Å². The van der Waals surface area contributed by atoms with Crippen molar-refractivity contribution in [2.24, 2.45) is 13.0 Å². The van der Waals surface area contributed by atoms with Gasteiger partial charge in [0.2, 0.25) is 5.91 Å². The number of aromatic nitrogens is 3.